The van der Waals surface area contributed by atoms with Crippen molar-refractivity contribution in [3.05, 3.63) is 38.5 Å². The number of aliphatic hydroxyl groups excluding tert-OH is 1. The quantitative estimate of drug-likeness (QED) is 0.886. The van der Waals surface area contributed by atoms with Crippen molar-refractivity contribution >= 4 is 27.3 Å². The van der Waals surface area contributed by atoms with Crippen molar-refractivity contribution in [3.63, 3.8) is 0 Å². The van der Waals surface area contributed by atoms with E-state index in [2.05, 4.69) is 15.9 Å². The molecule has 0 radical (unpaired) electrons. The summed E-state index contributed by atoms with van der Waals surface area (Å²) in [6.45, 7) is 0. The number of rotatable bonds is 5. The number of methoxy groups -OCH3 is 3. The standard InChI is InChI=1S/C14H15BrO4S/c1-17-8-6-9(18-2)13(10(7-8)19-3)14(16)11-4-5-12(15)20-11/h4-7,14,16H,1-3H3. The molecular formula is C14H15BrO4S. The minimum Gasteiger partial charge on any atom is -0.496 e. The number of halogens is 1. The molecule has 0 amide bonds. The Hall–Kier alpha value is -1.24. The Balaban J connectivity index is 2.53. The molecule has 1 aromatic carbocycles. The van der Waals surface area contributed by atoms with Crippen LogP contribution in [0.1, 0.15) is 16.5 Å². The zero-order chi connectivity index (χ0) is 14.7. The predicted molar refractivity (Wildman–Crippen MR) is 82.2 cm³/mol. The van der Waals surface area contributed by atoms with Crippen molar-refractivity contribution in [2.45, 2.75) is 6.10 Å². The van der Waals surface area contributed by atoms with Gasteiger partial charge in [0.15, 0.2) is 0 Å². The first kappa shape index (κ1) is 15.2. The lowest BCUT2D eigenvalue weighted by atomic mass is 10.0. The molecule has 2 rings (SSSR count). The van der Waals surface area contributed by atoms with E-state index in [1.807, 2.05) is 12.1 Å². The number of thiophene rings is 1. The molecular weight excluding hydrogens is 344 g/mol. The van der Waals surface area contributed by atoms with E-state index in [1.165, 1.54) is 11.3 Å². The molecule has 20 heavy (non-hydrogen) atoms. The maximum absolute atomic E-state index is 10.6. The Morgan fingerprint density at radius 1 is 1.05 bits per heavy atom. The van der Waals surface area contributed by atoms with Crippen LogP contribution in [0, 0.1) is 0 Å². The van der Waals surface area contributed by atoms with Crippen molar-refractivity contribution in [1.82, 2.24) is 0 Å². The van der Waals surface area contributed by atoms with Crippen molar-refractivity contribution in [3.8, 4) is 17.2 Å². The first-order valence-electron chi connectivity index (χ1n) is 5.84. The molecule has 2 aromatic rings. The van der Waals surface area contributed by atoms with Crippen LogP contribution in [0.5, 0.6) is 17.2 Å². The van der Waals surface area contributed by atoms with Crippen LogP contribution in [0.25, 0.3) is 0 Å². The summed E-state index contributed by atoms with van der Waals surface area (Å²) in [5.74, 6) is 1.67. The van der Waals surface area contributed by atoms with E-state index in [0.717, 1.165) is 8.66 Å². The van der Waals surface area contributed by atoms with Crippen LogP contribution in [-0.4, -0.2) is 26.4 Å². The van der Waals surface area contributed by atoms with Gasteiger partial charge in [-0.1, -0.05) is 0 Å². The minimum atomic E-state index is -0.817. The minimum absolute atomic E-state index is 0.526. The number of hydrogen-bond donors (Lipinski definition) is 1. The van der Waals surface area contributed by atoms with Crippen LogP contribution in [0.2, 0.25) is 0 Å². The number of benzene rings is 1. The van der Waals surface area contributed by atoms with E-state index in [4.69, 9.17) is 14.2 Å². The number of aliphatic hydroxyl groups is 1. The van der Waals surface area contributed by atoms with Crippen molar-refractivity contribution < 1.29 is 19.3 Å². The summed E-state index contributed by atoms with van der Waals surface area (Å²) >= 11 is 4.86. The van der Waals surface area contributed by atoms with Gasteiger partial charge in [-0.15, -0.1) is 11.3 Å². The highest BCUT2D eigenvalue weighted by molar-refractivity contribution is 9.11. The Kier molecular flexibility index (Phi) is 4.91. The summed E-state index contributed by atoms with van der Waals surface area (Å²) < 4.78 is 16.9. The van der Waals surface area contributed by atoms with E-state index < -0.39 is 6.10 Å². The third-order valence-corrected chi connectivity index (χ3v) is 4.57. The Morgan fingerprint density at radius 3 is 2.05 bits per heavy atom. The maximum Gasteiger partial charge on any atom is 0.132 e. The summed E-state index contributed by atoms with van der Waals surface area (Å²) in [6, 6.07) is 7.21. The molecule has 1 heterocycles. The lowest BCUT2D eigenvalue weighted by Crippen LogP contribution is -2.04. The molecule has 0 aliphatic carbocycles. The van der Waals surface area contributed by atoms with Gasteiger partial charge < -0.3 is 19.3 Å². The van der Waals surface area contributed by atoms with Gasteiger partial charge in [-0.25, -0.2) is 0 Å². The monoisotopic (exact) mass is 358 g/mol. The van der Waals surface area contributed by atoms with Gasteiger partial charge in [0.2, 0.25) is 0 Å². The van der Waals surface area contributed by atoms with Crippen LogP contribution >= 0.6 is 27.3 Å². The third kappa shape index (κ3) is 2.92. The molecule has 1 aromatic heterocycles. The molecule has 0 saturated heterocycles. The fourth-order valence-electron chi connectivity index (χ4n) is 1.92. The van der Waals surface area contributed by atoms with E-state index in [1.54, 1.807) is 33.5 Å². The second-order valence-corrected chi connectivity index (χ2v) is 6.48. The van der Waals surface area contributed by atoms with Crippen molar-refractivity contribution in [2.75, 3.05) is 21.3 Å². The first-order chi connectivity index (χ1) is 9.60. The normalized spacial score (nSPS) is 12.1. The first-order valence-corrected chi connectivity index (χ1v) is 7.44. The summed E-state index contributed by atoms with van der Waals surface area (Å²) in [7, 11) is 4.67. The smallest absolute Gasteiger partial charge is 0.132 e. The van der Waals surface area contributed by atoms with Gasteiger partial charge in [-0.05, 0) is 28.1 Å². The van der Waals surface area contributed by atoms with Crippen molar-refractivity contribution in [1.29, 1.82) is 0 Å². The van der Waals surface area contributed by atoms with Crippen LogP contribution in [0.4, 0.5) is 0 Å². The molecule has 1 atom stereocenters. The fraction of sp³-hybridized carbons (Fsp3) is 0.286. The summed E-state index contributed by atoms with van der Waals surface area (Å²) in [4.78, 5) is 0.804. The van der Waals surface area contributed by atoms with E-state index >= 15 is 0 Å². The Bertz CT molecular complexity index is 572. The molecule has 1 N–H and O–H groups in total. The zero-order valence-corrected chi connectivity index (χ0v) is 13.7. The van der Waals surface area contributed by atoms with Gasteiger partial charge in [0.25, 0.3) is 0 Å². The van der Waals surface area contributed by atoms with Gasteiger partial charge in [-0.3, -0.25) is 0 Å². The molecule has 0 bridgehead atoms. The molecule has 0 aliphatic rings. The summed E-state index contributed by atoms with van der Waals surface area (Å²) in [6.07, 6.45) is -0.817. The SMILES string of the molecule is COc1cc(OC)c(C(O)c2ccc(Br)s2)c(OC)c1. The average molecular weight is 359 g/mol. The second kappa shape index (κ2) is 6.47. The highest BCUT2D eigenvalue weighted by atomic mass is 79.9. The maximum atomic E-state index is 10.6. The van der Waals surface area contributed by atoms with E-state index in [9.17, 15) is 5.11 Å². The van der Waals surface area contributed by atoms with Crippen LogP contribution < -0.4 is 14.2 Å². The molecule has 4 nitrogen and oxygen atoms in total. The molecule has 1 unspecified atom stereocenters. The number of ether oxygens (including phenoxy) is 3. The average Bonchev–Trinajstić information content (AvgIpc) is 2.91. The third-order valence-electron chi connectivity index (χ3n) is 2.89. The largest absolute Gasteiger partial charge is 0.496 e. The highest BCUT2D eigenvalue weighted by Gasteiger charge is 2.23. The van der Waals surface area contributed by atoms with Gasteiger partial charge in [0.1, 0.15) is 23.4 Å². The highest BCUT2D eigenvalue weighted by Crippen LogP contribution is 2.42. The van der Waals surface area contributed by atoms with E-state index in [0.29, 0.717) is 22.8 Å². The number of hydrogen-bond acceptors (Lipinski definition) is 5. The van der Waals surface area contributed by atoms with Gasteiger partial charge >= 0.3 is 0 Å². The van der Waals surface area contributed by atoms with Gasteiger partial charge in [-0.2, -0.15) is 0 Å². The predicted octanol–water partition coefficient (Wildman–Crippen LogP) is 3.62. The summed E-state index contributed by atoms with van der Waals surface area (Å²) in [5.41, 5.74) is 0.588. The summed E-state index contributed by atoms with van der Waals surface area (Å²) in [5, 5.41) is 10.6. The topological polar surface area (TPSA) is 47.9 Å². The molecule has 0 fully saturated rings. The fourth-order valence-corrected chi connectivity index (χ4v) is 3.34. The Morgan fingerprint density at radius 2 is 1.65 bits per heavy atom. The molecule has 0 aliphatic heterocycles. The molecule has 0 spiro atoms. The zero-order valence-electron chi connectivity index (χ0n) is 11.3. The second-order valence-electron chi connectivity index (χ2n) is 3.99. The van der Waals surface area contributed by atoms with Gasteiger partial charge in [0.05, 0.1) is 30.7 Å². The Labute approximate surface area is 130 Å². The molecule has 108 valence electrons. The van der Waals surface area contributed by atoms with Crippen LogP contribution in [0.3, 0.4) is 0 Å². The van der Waals surface area contributed by atoms with Crippen LogP contribution in [0.15, 0.2) is 28.1 Å². The lowest BCUT2D eigenvalue weighted by Gasteiger charge is -2.18. The van der Waals surface area contributed by atoms with Gasteiger partial charge in [0, 0.05) is 17.0 Å². The molecule has 6 heteroatoms. The van der Waals surface area contributed by atoms with E-state index in [-0.39, 0.29) is 0 Å². The van der Waals surface area contributed by atoms with Crippen LogP contribution in [-0.2, 0) is 0 Å². The lowest BCUT2D eigenvalue weighted by molar-refractivity contribution is 0.212. The molecule has 0 saturated carbocycles. The van der Waals surface area contributed by atoms with Crippen molar-refractivity contribution in [2.24, 2.45) is 0 Å².